The minimum Gasteiger partial charge on any atom is -0.379 e. The zero-order valence-corrected chi connectivity index (χ0v) is 21.7. The van der Waals surface area contributed by atoms with E-state index in [1.807, 2.05) is 42.7 Å². The monoisotopic (exact) mass is 507 g/mol. The number of morpholine rings is 1. The molecule has 194 valence electrons. The largest absolute Gasteiger partial charge is 0.379 e. The summed E-state index contributed by atoms with van der Waals surface area (Å²) in [7, 11) is 0. The maximum atomic E-state index is 9.73. The van der Waals surface area contributed by atoms with Crippen LogP contribution in [0.15, 0.2) is 55.1 Å². The molecular weight excluding hydrogens is 474 g/mol. The summed E-state index contributed by atoms with van der Waals surface area (Å²) in [5.74, 6) is 0. The van der Waals surface area contributed by atoms with E-state index in [4.69, 9.17) is 4.74 Å². The van der Waals surface area contributed by atoms with Gasteiger partial charge in [0.25, 0.3) is 0 Å². The number of nitrogens with one attached hydrogen (secondary N) is 3. The quantitative estimate of drug-likeness (QED) is 0.263. The van der Waals surface area contributed by atoms with Crippen molar-refractivity contribution in [2.75, 3.05) is 44.7 Å². The van der Waals surface area contributed by atoms with Gasteiger partial charge in [-0.3, -0.25) is 14.9 Å². The van der Waals surface area contributed by atoms with Crippen LogP contribution in [0.2, 0.25) is 0 Å². The number of aryl methyl sites for hydroxylation is 1. The minimum atomic E-state index is 0.490. The number of H-pyrrole nitrogens is 1. The third kappa shape index (κ3) is 6.26. The van der Waals surface area contributed by atoms with Crippen LogP contribution in [0.1, 0.15) is 34.4 Å². The van der Waals surface area contributed by atoms with Crippen molar-refractivity contribution in [3.63, 3.8) is 0 Å². The summed E-state index contributed by atoms with van der Waals surface area (Å²) >= 11 is 0. The number of nitriles is 1. The molecule has 3 aromatic heterocycles. The number of hydrogen-bond donors (Lipinski definition) is 3. The van der Waals surface area contributed by atoms with Gasteiger partial charge in [0, 0.05) is 66.6 Å². The Labute approximate surface area is 223 Å². The topological polar surface area (TPSA) is 102 Å². The van der Waals surface area contributed by atoms with Crippen molar-refractivity contribution in [1.82, 2.24) is 25.2 Å². The molecule has 1 aliphatic rings. The molecule has 0 amide bonds. The molecule has 8 heteroatoms. The van der Waals surface area contributed by atoms with Gasteiger partial charge >= 0.3 is 0 Å². The van der Waals surface area contributed by atoms with E-state index in [9.17, 15) is 5.26 Å². The second-order valence-electron chi connectivity index (χ2n) is 9.47. The van der Waals surface area contributed by atoms with Gasteiger partial charge in [-0.05, 0) is 74.0 Å². The molecule has 0 atom stereocenters. The molecule has 4 heterocycles. The van der Waals surface area contributed by atoms with Gasteiger partial charge in [0.2, 0.25) is 0 Å². The molecule has 0 radical (unpaired) electrons. The molecular formula is C30H33N7O. The van der Waals surface area contributed by atoms with Gasteiger partial charge < -0.3 is 20.4 Å². The van der Waals surface area contributed by atoms with Gasteiger partial charge in [-0.2, -0.15) is 5.26 Å². The van der Waals surface area contributed by atoms with Crippen LogP contribution < -0.4 is 10.6 Å². The highest BCUT2D eigenvalue weighted by molar-refractivity contribution is 5.90. The highest BCUT2D eigenvalue weighted by Crippen LogP contribution is 2.31. The molecule has 0 saturated carbocycles. The molecule has 0 aliphatic carbocycles. The Kier molecular flexibility index (Phi) is 8.41. The van der Waals surface area contributed by atoms with E-state index < -0.39 is 0 Å². The molecule has 0 unspecified atom stereocenters. The van der Waals surface area contributed by atoms with E-state index in [1.54, 1.807) is 12.4 Å². The van der Waals surface area contributed by atoms with E-state index >= 15 is 0 Å². The molecule has 3 N–H and O–H groups in total. The Morgan fingerprint density at radius 3 is 2.82 bits per heavy atom. The maximum absolute atomic E-state index is 9.73. The van der Waals surface area contributed by atoms with Crippen molar-refractivity contribution in [3.8, 4) is 6.07 Å². The number of aromatic amines is 1. The van der Waals surface area contributed by atoms with Crippen LogP contribution in [0, 0.1) is 18.3 Å². The van der Waals surface area contributed by atoms with E-state index in [1.165, 1.54) is 0 Å². The van der Waals surface area contributed by atoms with Crippen molar-refractivity contribution in [2.24, 2.45) is 0 Å². The predicted molar refractivity (Wildman–Crippen MR) is 152 cm³/mol. The van der Waals surface area contributed by atoms with Gasteiger partial charge in [-0.1, -0.05) is 6.07 Å². The number of aromatic nitrogens is 3. The fourth-order valence-electron chi connectivity index (χ4n) is 4.68. The van der Waals surface area contributed by atoms with E-state index in [0.29, 0.717) is 5.56 Å². The van der Waals surface area contributed by atoms with Crippen LogP contribution in [0.25, 0.3) is 23.1 Å². The minimum absolute atomic E-state index is 0.490. The van der Waals surface area contributed by atoms with Gasteiger partial charge in [-0.15, -0.1) is 0 Å². The summed E-state index contributed by atoms with van der Waals surface area (Å²) in [5.41, 5.74) is 7.20. The third-order valence-corrected chi connectivity index (χ3v) is 6.90. The van der Waals surface area contributed by atoms with Crippen molar-refractivity contribution < 1.29 is 4.74 Å². The lowest BCUT2D eigenvalue weighted by molar-refractivity contribution is 0.0374. The van der Waals surface area contributed by atoms with Gasteiger partial charge in [0.05, 0.1) is 30.2 Å². The summed E-state index contributed by atoms with van der Waals surface area (Å²) in [6, 6.07) is 12.5. The number of hydrogen-bond acceptors (Lipinski definition) is 7. The number of rotatable bonds is 10. The predicted octanol–water partition coefficient (Wildman–Crippen LogP) is 4.86. The Morgan fingerprint density at radius 1 is 1.11 bits per heavy atom. The second kappa shape index (κ2) is 12.5. The molecule has 5 rings (SSSR count). The van der Waals surface area contributed by atoms with Gasteiger partial charge in [0.1, 0.15) is 6.07 Å². The average Bonchev–Trinajstić information content (AvgIpc) is 3.45. The van der Waals surface area contributed by atoms with Crippen molar-refractivity contribution >= 4 is 34.4 Å². The lowest BCUT2D eigenvalue weighted by atomic mass is 10.1. The Bertz CT molecular complexity index is 1430. The van der Waals surface area contributed by atoms with Gasteiger partial charge in [-0.25, -0.2) is 0 Å². The lowest BCUT2D eigenvalue weighted by Gasteiger charge is -2.26. The van der Waals surface area contributed by atoms with Gasteiger partial charge in [0.15, 0.2) is 0 Å². The zero-order chi connectivity index (χ0) is 26.2. The van der Waals surface area contributed by atoms with E-state index in [0.717, 1.165) is 97.0 Å². The highest BCUT2D eigenvalue weighted by atomic mass is 16.5. The first-order chi connectivity index (χ1) is 18.7. The van der Waals surface area contributed by atoms with Crippen LogP contribution in [0.5, 0.6) is 0 Å². The smallest absolute Gasteiger partial charge is 0.103 e. The van der Waals surface area contributed by atoms with Crippen molar-refractivity contribution in [2.45, 2.75) is 19.9 Å². The number of anilines is 2. The number of ether oxygens (including phenoxy) is 1. The molecule has 4 aromatic rings. The highest BCUT2D eigenvalue weighted by Gasteiger charge is 2.12. The average molecular weight is 508 g/mol. The van der Waals surface area contributed by atoms with Crippen LogP contribution in [-0.2, 0) is 11.3 Å². The standard InChI is InChI=1S/C30H33N7O/c1-22-27-9-11-34-29(27)8-7-28(22)36-30-24(20-33-21-25(30)17-31)4-6-26-5-3-23(19-35-26)18-32-10-2-12-37-13-15-38-16-14-37/h3-9,11,19-21,32,34H,2,10,12-16,18H2,1H3,(H,33,36)/b6-4+. The zero-order valence-electron chi connectivity index (χ0n) is 21.7. The summed E-state index contributed by atoms with van der Waals surface area (Å²) in [4.78, 5) is 14.6. The van der Waals surface area contributed by atoms with Crippen LogP contribution in [-0.4, -0.2) is 59.2 Å². The summed E-state index contributed by atoms with van der Waals surface area (Å²) < 4.78 is 5.40. The normalized spacial score (nSPS) is 14.2. The van der Waals surface area contributed by atoms with Crippen LogP contribution in [0.4, 0.5) is 11.4 Å². The number of pyridine rings is 2. The number of fused-ring (bicyclic) bond motifs is 1. The van der Waals surface area contributed by atoms with Crippen LogP contribution >= 0.6 is 0 Å². The molecule has 1 aliphatic heterocycles. The van der Waals surface area contributed by atoms with E-state index in [-0.39, 0.29) is 0 Å². The summed E-state index contributed by atoms with van der Waals surface area (Å²) in [6.07, 6.45) is 12.2. The summed E-state index contributed by atoms with van der Waals surface area (Å²) in [6.45, 7) is 8.74. The SMILES string of the molecule is Cc1c(Nc2c(C#N)cncc2/C=C/c2ccc(CNCCCN3CCOCC3)cn2)ccc2[nH]ccc12. The molecule has 0 spiro atoms. The fourth-order valence-corrected chi connectivity index (χ4v) is 4.68. The maximum Gasteiger partial charge on any atom is 0.103 e. The molecule has 38 heavy (non-hydrogen) atoms. The first kappa shape index (κ1) is 25.6. The van der Waals surface area contributed by atoms with Crippen molar-refractivity contribution in [1.29, 1.82) is 5.26 Å². The fraction of sp³-hybridized carbons (Fsp3) is 0.300. The molecule has 1 fully saturated rings. The third-order valence-electron chi connectivity index (χ3n) is 6.90. The van der Waals surface area contributed by atoms with Crippen LogP contribution in [0.3, 0.4) is 0 Å². The number of nitrogens with zero attached hydrogens (tertiary/aromatic N) is 4. The van der Waals surface area contributed by atoms with Crippen molar-refractivity contribution in [3.05, 3.63) is 83.1 Å². The Morgan fingerprint density at radius 2 is 2.00 bits per heavy atom. The summed E-state index contributed by atoms with van der Waals surface area (Å²) in [5, 5.41) is 17.9. The number of benzene rings is 1. The molecule has 8 nitrogen and oxygen atoms in total. The first-order valence-electron chi connectivity index (χ1n) is 13.1. The second-order valence-corrected chi connectivity index (χ2v) is 9.47. The Balaban J connectivity index is 1.21. The Hall–Kier alpha value is -4.03. The van der Waals surface area contributed by atoms with E-state index in [2.05, 4.69) is 55.6 Å². The molecule has 1 aromatic carbocycles. The first-order valence-corrected chi connectivity index (χ1v) is 13.1. The molecule has 0 bridgehead atoms. The lowest BCUT2D eigenvalue weighted by Crippen LogP contribution is -2.37. The molecule has 1 saturated heterocycles.